The fraction of sp³-hybridized carbons (Fsp3) is 0.227. The van der Waals surface area contributed by atoms with Gasteiger partial charge in [0.1, 0.15) is 30.0 Å². The number of alkyl halides is 3. The molecule has 1 aromatic heterocycles. The highest BCUT2D eigenvalue weighted by atomic mass is 19.4. The number of halogens is 3. The minimum Gasteiger partial charge on any atom is -0.473 e. The Kier molecular flexibility index (Phi) is 5.48. The van der Waals surface area contributed by atoms with Crippen molar-refractivity contribution in [2.45, 2.75) is 26.3 Å². The van der Waals surface area contributed by atoms with Gasteiger partial charge in [0.25, 0.3) is 0 Å². The summed E-state index contributed by atoms with van der Waals surface area (Å²) in [6, 6.07) is 11.8. The van der Waals surface area contributed by atoms with Gasteiger partial charge in [-0.3, -0.25) is 4.57 Å². The van der Waals surface area contributed by atoms with E-state index in [9.17, 15) is 23.2 Å². The zero-order valence-electron chi connectivity index (χ0n) is 16.9. The number of hydrogen-bond acceptors (Lipinski definition) is 6. The van der Waals surface area contributed by atoms with E-state index in [4.69, 9.17) is 9.47 Å². The number of aromatic nitrogens is 2. The van der Waals surface area contributed by atoms with Crippen molar-refractivity contribution < 1.29 is 22.6 Å². The third-order valence-corrected chi connectivity index (χ3v) is 4.92. The number of anilines is 1. The first kappa shape index (κ1) is 21.2. The van der Waals surface area contributed by atoms with E-state index in [1.165, 1.54) is 35.8 Å². The molecular weight excluding hydrogens is 425 g/mol. The lowest BCUT2D eigenvalue weighted by Crippen LogP contribution is -2.21. The van der Waals surface area contributed by atoms with Crippen LogP contribution in [0.15, 0.2) is 47.3 Å². The fourth-order valence-electron chi connectivity index (χ4n) is 3.31. The molecule has 0 radical (unpaired) electrons. The number of nitrogens with zero attached hydrogens (tertiary/aromatic N) is 3. The second-order valence-corrected chi connectivity index (χ2v) is 7.15. The number of nitriles is 1. The molecule has 2 aromatic carbocycles. The summed E-state index contributed by atoms with van der Waals surface area (Å²) in [4.78, 5) is 15.8. The van der Waals surface area contributed by atoms with E-state index < -0.39 is 17.4 Å². The third kappa shape index (κ3) is 4.37. The van der Waals surface area contributed by atoms with Crippen molar-refractivity contribution in [1.29, 1.82) is 5.26 Å². The van der Waals surface area contributed by atoms with Gasteiger partial charge in [-0.2, -0.15) is 23.4 Å². The van der Waals surface area contributed by atoms with Gasteiger partial charge in [-0.25, -0.2) is 4.79 Å². The number of fused-ring (bicyclic) bond motifs is 1. The van der Waals surface area contributed by atoms with Gasteiger partial charge < -0.3 is 14.8 Å². The normalized spacial score (nSPS) is 12.6. The summed E-state index contributed by atoms with van der Waals surface area (Å²) < 4.78 is 52.0. The van der Waals surface area contributed by atoms with E-state index >= 15 is 0 Å². The number of rotatable bonds is 5. The molecular formula is C22H17F3N4O3. The largest absolute Gasteiger partial charge is 0.473 e. The Morgan fingerprint density at radius 3 is 2.78 bits per heavy atom. The van der Waals surface area contributed by atoms with E-state index in [0.29, 0.717) is 24.5 Å². The van der Waals surface area contributed by atoms with Crippen molar-refractivity contribution >= 4 is 5.82 Å². The summed E-state index contributed by atoms with van der Waals surface area (Å²) >= 11 is 0. The molecule has 0 amide bonds. The van der Waals surface area contributed by atoms with Crippen LogP contribution in [0.5, 0.6) is 17.4 Å². The first-order valence-electron chi connectivity index (χ1n) is 9.62. The fourth-order valence-corrected chi connectivity index (χ4v) is 3.31. The highest BCUT2D eigenvalue weighted by Crippen LogP contribution is 2.36. The van der Waals surface area contributed by atoms with Gasteiger partial charge in [-0.1, -0.05) is 12.1 Å². The Hall–Kier alpha value is -4.00. The van der Waals surface area contributed by atoms with Gasteiger partial charge in [0, 0.05) is 19.2 Å². The molecule has 0 saturated heterocycles. The molecule has 0 atom stereocenters. The first-order valence-corrected chi connectivity index (χ1v) is 9.62. The average Bonchev–Trinajstić information content (AvgIpc) is 3.23. The summed E-state index contributed by atoms with van der Waals surface area (Å²) in [5, 5.41) is 12.5. The molecule has 2 heterocycles. The van der Waals surface area contributed by atoms with Crippen LogP contribution in [0.4, 0.5) is 19.0 Å². The summed E-state index contributed by atoms with van der Waals surface area (Å²) in [6.45, 7) is 2.58. The van der Waals surface area contributed by atoms with Crippen molar-refractivity contribution in [3.63, 3.8) is 0 Å². The summed E-state index contributed by atoms with van der Waals surface area (Å²) in [6.07, 6.45) is -4.51. The van der Waals surface area contributed by atoms with E-state index in [2.05, 4.69) is 10.3 Å². The molecule has 164 valence electrons. The average molecular weight is 442 g/mol. The SMILES string of the molecule is Cc1ccc(Oc2ccc(COc3cc4n(c(=O)n3)CCN4)cc2C#N)cc1C(F)(F)F. The lowest BCUT2D eigenvalue weighted by molar-refractivity contribution is -0.138. The maximum atomic E-state index is 13.1. The molecule has 10 heteroatoms. The Bertz CT molecular complexity index is 1280. The predicted molar refractivity (Wildman–Crippen MR) is 109 cm³/mol. The molecule has 0 unspecified atom stereocenters. The lowest BCUT2D eigenvalue weighted by atomic mass is 10.1. The summed E-state index contributed by atoms with van der Waals surface area (Å²) in [5.74, 6) is 0.858. The molecule has 0 spiro atoms. The lowest BCUT2D eigenvalue weighted by Gasteiger charge is -2.14. The quantitative estimate of drug-likeness (QED) is 0.636. The van der Waals surface area contributed by atoms with Crippen LogP contribution in [-0.4, -0.2) is 16.1 Å². The number of nitrogens with one attached hydrogen (secondary N) is 1. The van der Waals surface area contributed by atoms with E-state index in [-0.39, 0.29) is 35.1 Å². The van der Waals surface area contributed by atoms with Crippen molar-refractivity contribution in [3.05, 3.63) is 75.2 Å². The Morgan fingerprint density at radius 2 is 2.03 bits per heavy atom. The molecule has 0 fully saturated rings. The van der Waals surface area contributed by atoms with Crippen LogP contribution in [0, 0.1) is 18.3 Å². The Morgan fingerprint density at radius 1 is 1.22 bits per heavy atom. The molecule has 3 aromatic rings. The van der Waals surface area contributed by atoms with Gasteiger partial charge in [0.05, 0.1) is 11.1 Å². The number of hydrogen-bond donors (Lipinski definition) is 1. The molecule has 32 heavy (non-hydrogen) atoms. The van der Waals surface area contributed by atoms with Crippen molar-refractivity contribution in [2.75, 3.05) is 11.9 Å². The van der Waals surface area contributed by atoms with Crippen molar-refractivity contribution in [3.8, 4) is 23.4 Å². The van der Waals surface area contributed by atoms with Gasteiger partial charge in [-0.05, 0) is 42.3 Å². The first-order chi connectivity index (χ1) is 15.2. The summed E-state index contributed by atoms with van der Waals surface area (Å²) in [5.41, 5.74) is -0.410. The van der Waals surface area contributed by atoms with Gasteiger partial charge in [0.15, 0.2) is 0 Å². The third-order valence-electron chi connectivity index (χ3n) is 4.92. The molecule has 4 rings (SSSR count). The highest BCUT2D eigenvalue weighted by Gasteiger charge is 2.32. The molecule has 0 bridgehead atoms. The van der Waals surface area contributed by atoms with E-state index in [1.807, 2.05) is 6.07 Å². The molecule has 7 nitrogen and oxygen atoms in total. The molecule has 1 N–H and O–H groups in total. The topological polar surface area (TPSA) is 89.2 Å². The van der Waals surface area contributed by atoms with Crippen LogP contribution in [0.2, 0.25) is 0 Å². The standard InChI is InChI=1S/C22H17F3N4O3/c1-13-2-4-16(9-17(13)22(23,24)25)32-18-5-3-14(8-15(18)11-26)12-31-20-10-19-27-6-7-29(19)21(30)28-20/h2-5,8-10,27H,6-7,12H2,1H3. The predicted octanol–water partition coefficient (Wildman–Crippen LogP) is 4.24. The second-order valence-electron chi connectivity index (χ2n) is 7.15. The van der Waals surface area contributed by atoms with E-state index in [1.54, 1.807) is 12.1 Å². The monoisotopic (exact) mass is 442 g/mol. The van der Waals surface area contributed by atoms with Crippen LogP contribution in [-0.2, 0) is 19.3 Å². The Labute approximate surface area is 180 Å². The molecule has 0 saturated carbocycles. The van der Waals surface area contributed by atoms with Crippen LogP contribution in [0.1, 0.15) is 22.3 Å². The second kappa shape index (κ2) is 8.26. The minimum absolute atomic E-state index is 0.0289. The zero-order chi connectivity index (χ0) is 22.9. The van der Waals surface area contributed by atoms with Gasteiger partial charge in [-0.15, -0.1) is 0 Å². The Balaban J connectivity index is 1.51. The van der Waals surface area contributed by atoms with Crippen molar-refractivity contribution in [2.24, 2.45) is 0 Å². The minimum atomic E-state index is -4.51. The van der Waals surface area contributed by atoms with Crippen molar-refractivity contribution in [1.82, 2.24) is 9.55 Å². The molecule has 1 aliphatic heterocycles. The van der Waals surface area contributed by atoms with Crippen LogP contribution in [0.3, 0.4) is 0 Å². The van der Waals surface area contributed by atoms with Crippen LogP contribution in [0.25, 0.3) is 0 Å². The number of benzene rings is 2. The highest BCUT2D eigenvalue weighted by molar-refractivity contribution is 5.48. The summed E-state index contributed by atoms with van der Waals surface area (Å²) in [7, 11) is 0. The van der Waals surface area contributed by atoms with Crippen LogP contribution < -0.4 is 20.5 Å². The van der Waals surface area contributed by atoms with Gasteiger partial charge in [0.2, 0.25) is 5.88 Å². The molecule has 0 aliphatic carbocycles. The maximum Gasteiger partial charge on any atom is 0.416 e. The van der Waals surface area contributed by atoms with Gasteiger partial charge >= 0.3 is 11.9 Å². The molecule has 1 aliphatic rings. The maximum absolute atomic E-state index is 13.1. The van der Waals surface area contributed by atoms with E-state index in [0.717, 1.165) is 6.07 Å². The number of aryl methyl sites for hydroxylation is 1. The smallest absolute Gasteiger partial charge is 0.416 e. The van der Waals surface area contributed by atoms with Crippen LogP contribution >= 0.6 is 0 Å². The number of ether oxygens (including phenoxy) is 2. The zero-order valence-corrected chi connectivity index (χ0v) is 16.9.